The molecule has 4 rings (SSSR count). The van der Waals surface area contributed by atoms with E-state index in [1.165, 1.54) is 17.9 Å². The number of nitrogens with zero attached hydrogens (tertiary/aromatic N) is 3. The molecule has 2 N–H and O–H groups in total. The first-order valence-corrected chi connectivity index (χ1v) is 9.54. The summed E-state index contributed by atoms with van der Waals surface area (Å²) in [7, 11) is 0. The third kappa shape index (κ3) is 3.59. The van der Waals surface area contributed by atoms with Gasteiger partial charge in [0.2, 0.25) is 11.8 Å². The average Bonchev–Trinajstić information content (AvgIpc) is 3.20. The number of nitrogens with one attached hydrogen (secondary N) is 1. The third-order valence-electron chi connectivity index (χ3n) is 5.73. The summed E-state index contributed by atoms with van der Waals surface area (Å²) in [5, 5.41) is 11.6. The van der Waals surface area contributed by atoms with Gasteiger partial charge in [-0.1, -0.05) is 0 Å². The molecule has 1 aromatic carbocycles. The summed E-state index contributed by atoms with van der Waals surface area (Å²) < 4.78 is 20.0. The minimum absolute atomic E-state index is 0.00294. The van der Waals surface area contributed by atoms with Crippen molar-refractivity contribution in [1.82, 2.24) is 10.2 Å². The van der Waals surface area contributed by atoms with Crippen LogP contribution in [0.1, 0.15) is 6.92 Å². The lowest BCUT2D eigenvalue weighted by molar-refractivity contribution is -0.144. The van der Waals surface area contributed by atoms with E-state index in [0.29, 0.717) is 31.0 Å². The number of carbonyl (C=O) groups excluding carboxylic acids is 3. The maximum Gasteiger partial charge on any atom is 0.414 e. The Bertz CT molecular complexity index is 850. The molecule has 3 fully saturated rings. The molecule has 0 spiro atoms. The van der Waals surface area contributed by atoms with Crippen LogP contribution in [0.3, 0.4) is 0 Å². The van der Waals surface area contributed by atoms with Crippen LogP contribution in [0.4, 0.5) is 20.6 Å². The lowest BCUT2D eigenvalue weighted by atomic mass is 9.92. The molecule has 10 heteroatoms. The van der Waals surface area contributed by atoms with Crippen LogP contribution in [0.15, 0.2) is 18.2 Å². The summed E-state index contributed by atoms with van der Waals surface area (Å²) in [6.45, 7) is 3.03. The molecular weight excluding hydrogens is 383 g/mol. The number of benzene rings is 1. The predicted molar refractivity (Wildman–Crippen MR) is 101 cm³/mol. The van der Waals surface area contributed by atoms with Crippen molar-refractivity contribution < 1.29 is 28.6 Å². The molecule has 0 radical (unpaired) electrons. The fourth-order valence-electron chi connectivity index (χ4n) is 4.23. The van der Waals surface area contributed by atoms with Crippen LogP contribution >= 0.6 is 0 Å². The highest BCUT2D eigenvalue weighted by Gasteiger charge is 2.48. The van der Waals surface area contributed by atoms with E-state index in [0.717, 1.165) is 0 Å². The van der Waals surface area contributed by atoms with E-state index < -0.39 is 24.6 Å². The lowest BCUT2D eigenvalue weighted by Gasteiger charge is -2.43. The van der Waals surface area contributed by atoms with Gasteiger partial charge in [0, 0.05) is 32.5 Å². The zero-order valence-electron chi connectivity index (χ0n) is 16.0. The van der Waals surface area contributed by atoms with Gasteiger partial charge in [-0.3, -0.25) is 14.5 Å². The second-order valence-corrected chi connectivity index (χ2v) is 7.63. The fourth-order valence-corrected chi connectivity index (χ4v) is 4.23. The highest BCUT2D eigenvalue weighted by Crippen LogP contribution is 2.37. The van der Waals surface area contributed by atoms with Gasteiger partial charge in [-0.25, -0.2) is 9.18 Å². The normalized spacial score (nSPS) is 25.6. The van der Waals surface area contributed by atoms with E-state index in [1.54, 1.807) is 17.0 Å². The number of ether oxygens (including phenoxy) is 1. The summed E-state index contributed by atoms with van der Waals surface area (Å²) in [4.78, 5) is 39.7. The molecule has 3 atom stereocenters. The molecule has 29 heavy (non-hydrogen) atoms. The van der Waals surface area contributed by atoms with Crippen LogP contribution in [-0.4, -0.2) is 79.4 Å². The van der Waals surface area contributed by atoms with Crippen molar-refractivity contribution in [2.45, 2.75) is 19.1 Å². The molecule has 0 unspecified atom stereocenters. The molecule has 0 aliphatic carbocycles. The molecule has 0 bridgehead atoms. The van der Waals surface area contributed by atoms with Gasteiger partial charge in [0.25, 0.3) is 0 Å². The van der Waals surface area contributed by atoms with Crippen molar-refractivity contribution in [3.05, 3.63) is 24.0 Å². The molecule has 0 saturated carbocycles. The highest BCUT2D eigenvalue weighted by molar-refractivity contribution is 5.90. The molecule has 3 saturated heterocycles. The van der Waals surface area contributed by atoms with Crippen LogP contribution < -0.4 is 15.1 Å². The first-order chi connectivity index (χ1) is 13.9. The summed E-state index contributed by atoms with van der Waals surface area (Å²) in [5.74, 6) is -0.700. The molecule has 1 aromatic rings. The molecule has 9 nitrogen and oxygen atoms in total. The van der Waals surface area contributed by atoms with Gasteiger partial charge in [0.1, 0.15) is 18.5 Å². The summed E-state index contributed by atoms with van der Waals surface area (Å²) in [6.07, 6.45) is -1.07. The van der Waals surface area contributed by atoms with Gasteiger partial charge in [-0.15, -0.1) is 0 Å². The average molecular weight is 406 g/mol. The number of carbonyl (C=O) groups is 3. The Balaban J connectivity index is 1.42. The number of halogens is 1. The number of likely N-dealkylation sites (tertiary alicyclic amines) is 1. The third-order valence-corrected chi connectivity index (χ3v) is 5.73. The number of aliphatic hydroxyl groups excluding tert-OH is 1. The van der Waals surface area contributed by atoms with Gasteiger partial charge in [-0.2, -0.15) is 0 Å². The Morgan fingerprint density at radius 3 is 2.76 bits per heavy atom. The zero-order valence-corrected chi connectivity index (χ0v) is 16.0. The van der Waals surface area contributed by atoms with Gasteiger partial charge < -0.3 is 25.0 Å². The number of cyclic esters (lactones) is 1. The van der Waals surface area contributed by atoms with Crippen LogP contribution in [0.25, 0.3) is 0 Å². The highest BCUT2D eigenvalue weighted by atomic mass is 19.1. The first kappa shape index (κ1) is 19.4. The van der Waals surface area contributed by atoms with E-state index in [-0.39, 0.29) is 36.9 Å². The fraction of sp³-hybridized carbons (Fsp3) is 0.526. The number of fused-ring (bicyclic) bond motifs is 1. The number of aliphatic hydroxyl groups is 1. The summed E-state index contributed by atoms with van der Waals surface area (Å²) in [6, 6.07) is 4.59. The van der Waals surface area contributed by atoms with E-state index in [1.807, 2.05) is 4.90 Å². The minimum Gasteiger partial charge on any atom is -0.442 e. The topological polar surface area (TPSA) is 102 Å². The van der Waals surface area contributed by atoms with Crippen LogP contribution in [0.2, 0.25) is 0 Å². The molecule has 3 heterocycles. The minimum atomic E-state index is -0.579. The standard InChI is InChI=1S/C19H23FN4O5/c1-11(26)21-5-14-8-23(19(28)29-14)13-2-3-16(15(20)4-13)22-6-12-7-24(17(12)9-22)18(27)10-25/h2-4,12,14,17,25H,5-10H2,1H3,(H,21,26)/t12-,14+,17-/m1/s1. The van der Waals surface area contributed by atoms with Crippen LogP contribution in [-0.2, 0) is 14.3 Å². The Hall–Kier alpha value is -2.88. The van der Waals surface area contributed by atoms with E-state index in [4.69, 9.17) is 9.84 Å². The Morgan fingerprint density at radius 1 is 1.28 bits per heavy atom. The van der Waals surface area contributed by atoms with Gasteiger partial charge in [0.15, 0.2) is 0 Å². The first-order valence-electron chi connectivity index (χ1n) is 9.54. The number of hydrogen-bond donors (Lipinski definition) is 2. The van der Waals surface area contributed by atoms with E-state index >= 15 is 0 Å². The lowest BCUT2D eigenvalue weighted by Crippen LogP contribution is -2.58. The van der Waals surface area contributed by atoms with Crippen molar-refractivity contribution in [3.8, 4) is 0 Å². The van der Waals surface area contributed by atoms with Gasteiger partial charge in [0.05, 0.1) is 30.5 Å². The molecule has 3 amide bonds. The maximum absolute atomic E-state index is 14.8. The van der Waals surface area contributed by atoms with Crippen molar-refractivity contribution in [3.63, 3.8) is 0 Å². The second kappa shape index (κ2) is 7.51. The smallest absolute Gasteiger partial charge is 0.414 e. The molecular formula is C19H23FN4O5. The Labute approximate surface area is 167 Å². The number of anilines is 2. The monoisotopic (exact) mass is 406 g/mol. The second-order valence-electron chi connectivity index (χ2n) is 7.63. The van der Waals surface area contributed by atoms with Crippen molar-refractivity contribution >= 4 is 29.3 Å². The molecule has 3 aliphatic rings. The quantitative estimate of drug-likeness (QED) is 0.710. The summed E-state index contributed by atoms with van der Waals surface area (Å²) >= 11 is 0. The molecule has 0 aromatic heterocycles. The number of amides is 3. The van der Waals surface area contributed by atoms with E-state index in [9.17, 15) is 18.8 Å². The van der Waals surface area contributed by atoms with Gasteiger partial charge >= 0.3 is 6.09 Å². The number of hydrogen-bond acceptors (Lipinski definition) is 6. The van der Waals surface area contributed by atoms with Crippen LogP contribution in [0.5, 0.6) is 0 Å². The number of rotatable bonds is 5. The molecule has 156 valence electrons. The molecule has 3 aliphatic heterocycles. The maximum atomic E-state index is 14.8. The van der Waals surface area contributed by atoms with Crippen LogP contribution in [0, 0.1) is 11.7 Å². The van der Waals surface area contributed by atoms with Crippen molar-refractivity contribution in [2.75, 3.05) is 49.1 Å². The van der Waals surface area contributed by atoms with Crippen molar-refractivity contribution in [1.29, 1.82) is 0 Å². The van der Waals surface area contributed by atoms with Gasteiger partial charge in [-0.05, 0) is 18.2 Å². The SMILES string of the molecule is CC(=O)NC[C@H]1CN(c2ccc(N3C[C@@H]4CN(C(=O)CO)[C@@H]4C3)c(F)c2)C(=O)O1. The van der Waals surface area contributed by atoms with Crippen molar-refractivity contribution in [2.24, 2.45) is 5.92 Å². The Kier molecular flexibility index (Phi) is 5.03. The zero-order chi connectivity index (χ0) is 20.7. The van der Waals surface area contributed by atoms with E-state index in [2.05, 4.69) is 5.32 Å². The Morgan fingerprint density at radius 2 is 2.07 bits per heavy atom. The summed E-state index contributed by atoms with van der Waals surface area (Å²) in [5.41, 5.74) is 0.808. The largest absolute Gasteiger partial charge is 0.442 e. The predicted octanol–water partition coefficient (Wildman–Crippen LogP) is -0.0737.